The molecule has 0 aliphatic heterocycles. The second-order valence-electron chi connectivity index (χ2n) is 8.06. The van der Waals surface area contributed by atoms with Crippen molar-refractivity contribution in [3.05, 3.63) is 29.8 Å². The summed E-state index contributed by atoms with van der Waals surface area (Å²) in [5.41, 5.74) is 2.04. The van der Waals surface area contributed by atoms with E-state index < -0.39 is 0 Å². The highest BCUT2D eigenvalue weighted by Gasteiger charge is 2.24. The average Bonchev–Trinajstić information content (AvgIpc) is 2.58. The van der Waals surface area contributed by atoms with Crippen LogP contribution in [0.4, 0.5) is 5.69 Å². The Balaban J connectivity index is 2.02. The fraction of sp³-hybridized carbons (Fsp3) is 0.619. The molecule has 1 aliphatic carbocycles. The molecule has 4 nitrogen and oxygen atoms in total. The summed E-state index contributed by atoms with van der Waals surface area (Å²) in [6.45, 7) is 9.02. The zero-order valence-electron chi connectivity index (χ0n) is 16.1. The van der Waals surface area contributed by atoms with Gasteiger partial charge in [-0.3, -0.25) is 9.59 Å². The lowest BCUT2D eigenvalue weighted by Crippen LogP contribution is -2.40. The molecule has 0 spiro atoms. The van der Waals surface area contributed by atoms with Gasteiger partial charge in [-0.25, -0.2) is 0 Å². The molecule has 138 valence electrons. The topological polar surface area (TPSA) is 49.4 Å². The summed E-state index contributed by atoms with van der Waals surface area (Å²) < 4.78 is 0. The molecule has 0 bridgehead atoms. The second kappa shape index (κ2) is 8.50. The molecule has 1 aliphatic rings. The van der Waals surface area contributed by atoms with E-state index in [1.807, 2.05) is 18.2 Å². The third-order valence-electron chi connectivity index (χ3n) is 4.99. The van der Waals surface area contributed by atoms with Crippen molar-refractivity contribution in [2.45, 2.75) is 65.2 Å². The number of nitrogens with zero attached hydrogens (tertiary/aromatic N) is 1. The first kappa shape index (κ1) is 19.5. The van der Waals surface area contributed by atoms with Crippen LogP contribution < -0.4 is 10.2 Å². The van der Waals surface area contributed by atoms with Crippen molar-refractivity contribution in [2.24, 2.45) is 5.92 Å². The predicted molar refractivity (Wildman–Crippen MR) is 103 cm³/mol. The molecule has 0 unspecified atom stereocenters. The van der Waals surface area contributed by atoms with Crippen molar-refractivity contribution >= 4 is 17.5 Å². The van der Waals surface area contributed by atoms with E-state index in [1.165, 1.54) is 6.42 Å². The Hall–Kier alpha value is -1.84. The molecule has 1 N–H and O–H groups in total. The van der Waals surface area contributed by atoms with Crippen LogP contribution in [0.1, 0.15) is 65.4 Å². The van der Waals surface area contributed by atoms with Gasteiger partial charge in [0, 0.05) is 31.6 Å². The highest BCUT2D eigenvalue weighted by molar-refractivity contribution is 5.92. The molecule has 2 amide bonds. The summed E-state index contributed by atoms with van der Waals surface area (Å²) in [5.74, 6) is 0.303. The summed E-state index contributed by atoms with van der Waals surface area (Å²) in [7, 11) is 0. The van der Waals surface area contributed by atoms with Gasteiger partial charge in [-0.05, 0) is 29.9 Å². The van der Waals surface area contributed by atoms with Crippen molar-refractivity contribution in [3.8, 4) is 0 Å². The summed E-state index contributed by atoms with van der Waals surface area (Å²) in [6.07, 6.45) is 5.53. The summed E-state index contributed by atoms with van der Waals surface area (Å²) in [4.78, 5) is 26.3. The third-order valence-corrected chi connectivity index (χ3v) is 4.99. The number of carbonyl (C=O) groups is 2. The van der Waals surface area contributed by atoms with Gasteiger partial charge in [-0.1, -0.05) is 58.2 Å². The molecule has 4 heteroatoms. The predicted octanol–water partition coefficient (Wildman–Crippen LogP) is 4.03. The molecular weight excluding hydrogens is 312 g/mol. The van der Waals surface area contributed by atoms with Crippen LogP contribution in [0.2, 0.25) is 0 Å². The zero-order chi connectivity index (χ0) is 18.4. The van der Waals surface area contributed by atoms with Gasteiger partial charge in [-0.2, -0.15) is 0 Å². The zero-order valence-corrected chi connectivity index (χ0v) is 16.1. The Labute approximate surface area is 152 Å². The number of amides is 2. The molecule has 2 rings (SSSR count). The first-order chi connectivity index (χ1) is 11.8. The minimum atomic E-state index is -0.0460. The first-order valence-electron chi connectivity index (χ1n) is 9.46. The number of para-hydroxylation sites is 1. The number of carbonyl (C=O) groups excluding carboxylic acids is 2. The van der Waals surface area contributed by atoms with Crippen LogP contribution in [0, 0.1) is 5.92 Å². The lowest BCUT2D eigenvalue weighted by atomic mass is 9.85. The Morgan fingerprint density at radius 3 is 2.36 bits per heavy atom. The maximum Gasteiger partial charge on any atom is 0.223 e. The smallest absolute Gasteiger partial charge is 0.223 e. The maximum atomic E-state index is 12.3. The molecule has 0 aromatic heterocycles. The van der Waals surface area contributed by atoms with Crippen LogP contribution in [-0.4, -0.2) is 24.9 Å². The van der Waals surface area contributed by atoms with Crippen LogP contribution in [0.25, 0.3) is 0 Å². The SMILES string of the molecule is CC(=O)N(CCNC(=O)C1CCCCC1)c1ccccc1C(C)(C)C. The fourth-order valence-corrected chi connectivity index (χ4v) is 3.59. The molecule has 0 radical (unpaired) electrons. The van der Waals surface area contributed by atoms with Crippen LogP contribution in [0.5, 0.6) is 0 Å². The van der Waals surface area contributed by atoms with Crippen molar-refractivity contribution in [1.82, 2.24) is 5.32 Å². The van der Waals surface area contributed by atoms with Crippen molar-refractivity contribution in [3.63, 3.8) is 0 Å². The number of hydrogen-bond donors (Lipinski definition) is 1. The third kappa shape index (κ3) is 5.32. The van der Waals surface area contributed by atoms with Gasteiger partial charge >= 0.3 is 0 Å². The Bertz CT molecular complexity index is 598. The Morgan fingerprint density at radius 2 is 1.76 bits per heavy atom. The largest absolute Gasteiger partial charge is 0.354 e. The van der Waals surface area contributed by atoms with E-state index in [4.69, 9.17) is 0 Å². The lowest BCUT2D eigenvalue weighted by Gasteiger charge is -2.30. The average molecular weight is 344 g/mol. The molecule has 1 aromatic carbocycles. The van der Waals surface area contributed by atoms with E-state index >= 15 is 0 Å². The van der Waals surface area contributed by atoms with Gasteiger partial charge in [0.2, 0.25) is 11.8 Å². The van der Waals surface area contributed by atoms with Gasteiger partial charge in [0.05, 0.1) is 0 Å². The van der Waals surface area contributed by atoms with E-state index in [0.29, 0.717) is 13.1 Å². The number of rotatable bonds is 5. The molecule has 25 heavy (non-hydrogen) atoms. The number of benzene rings is 1. The van der Waals surface area contributed by atoms with Crippen molar-refractivity contribution < 1.29 is 9.59 Å². The standard InChI is InChI=1S/C21H32N2O2/c1-16(24)23(19-13-9-8-12-18(19)21(2,3)4)15-14-22-20(25)17-10-6-5-7-11-17/h8-9,12-13,17H,5-7,10-11,14-15H2,1-4H3,(H,22,25). The molecule has 0 atom stereocenters. The molecular formula is C21H32N2O2. The summed E-state index contributed by atoms with van der Waals surface area (Å²) in [5, 5.41) is 3.03. The molecule has 1 fully saturated rings. The lowest BCUT2D eigenvalue weighted by molar-refractivity contribution is -0.126. The molecule has 0 saturated heterocycles. The highest BCUT2D eigenvalue weighted by atomic mass is 16.2. The van der Waals surface area contributed by atoms with Crippen LogP contribution in [-0.2, 0) is 15.0 Å². The van der Waals surface area contributed by atoms with Gasteiger partial charge in [-0.15, -0.1) is 0 Å². The minimum absolute atomic E-state index is 0.00335. The normalized spacial score (nSPS) is 15.7. The van der Waals surface area contributed by atoms with E-state index in [-0.39, 0.29) is 23.1 Å². The molecule has 1 saturated carbocycles. The first-order valence-corrected chi connectivity index (χ1v) is 9.46. The highest BCUT2D eigenvalue weighted by Crippen LogP contribution is 2.31. The summed E-state index contributed by atoms with van der Waals surface area (Å²) in [6, 6.07) is 8.03. The number of anilines is 1. The van der Waals surface area contributed by atoms with Gasteiger partial charge in [0.25, 0.3) is 0 Å². The Kier molecular flexibility index (Phi) is 6.63. The van der Waals surface area contributed by atoms with E-state index in [9.17, 15) is 9.59 Å². The fourth-order valence-electron chi connectivity index (χ4n) is 3.59. The minimum Gasteiger partial charge on any atom is -0.354 e. The molecule has 1 aromatic rings. The monoisotopic (exact) mass is 344 g/mol. The van der Waals surface area contributed by atoms with Crippen LogP contribution in [0.3, 0.4) is 0 Å². The van der Waals surface area contributed by atoms with Crippen molar-refractivity contribution in [1.29, 1.82) is 0 Å². The van der Waals surface area contributed by atoms with Crippen LogP contribution in [0.15, 0.2) is 24.3 Å². The quantitative estimate of drug-likeness (QED) is 0.876. The second-order valence-corrected chi connectivity index (χ2v) is 8.06. The number of nitrogens with one attached hydrogen (secondary N) is 1. The van der Waals surface area contributed by atoms with E-state index in [2.05, 4.69) is 32.2 Å². The maximum absolute atomic E-state index is 12.3. The molecule has 0 heterocycles. The Morgan fingerprint density at radius 1 is 1.12 bits per heavy atom. The van der Waals surface area contributed by atoms with E-state index in [0.717, 1.165) is 36.9 Å². The van der Waals surface area contributed by atoms with Gasteiger partial charge in [0.15, 0.2) is 0 Å². The van der Waals surface area contributed by atoms with Gasteiger partial charge in [0.1, 0.15) is 0 Å². The van der Waals surface area contributed by atoms with Crippen LogP contribution >= 0.6 is 0 Å². The van der Waals surface area contributed by atoms with Gasteiger partial charge < -0.3 is 10.2 Å². The number of hydrogen-bond acceptors (Lipinski definition) is 2. The summed E-state index contributed by atoms with van der Waals surface area (Å²) >= 11 is 0. The van der Waals surface area contributed by atoms with Crippen molar-refractivity contribution in [2.75, 3.05) is 18.0 Å². The van der Waals surface area contributed by atoms with E-state index in [1.54, 1.807) is 11.8 Å².